The van der Waals surface area contributed by atoms with Crippen molar-refractivity contribution in [2.24, 2.45) is 17.8 Å². The van der Waals surface area contributed by atoms with E-state index in [1.807, 2.05) is 4.90 Å². The van der Waals surface area contributed by atoms with Crippen molar-refractivity contribution < 1.29 is 4.79 Å². The molecule has 1 aliphatic rings. The third kappa shape index (κ3) is 3.07. The molecule has 3 nitrogen and oxygen atoms in total. The van der Waals surface area contributed by atoms with E-state index in [1.165, 1.54) is 5.56 Å². The van der Waals surface area contributed by atoms with Crippen LogP contribution >= 0.6 is 11.3 Å². The van der Waals surface area contributed by atoms with Gasteiger partial charge in [-0.1, -0.05) is 34.6 Å². The number of amides is 1. The number of hydrogen-bond donors (Lipinski definition) is 1. The zero-order valence-electron chi connectivity index (χ0n) is 13.1. The molecule has 20 heavy (non-hydrogen) atoms. The van der Waals surface area contributed by atoms with Gasteiger partial charge in [-0.15, -0.1) is 0 Å². The maximum Gasteiger partial charge on any atom is 0.241 e. The molecule has 4 heteroatoms. The number of thiophene rings is 1. The minimum Gasteiger partial charge on any atom is -0.321 e. The van der Waals surface area contributed by atoms with Crippen LogP contribution in [-0.4, -0.2) is 23.4 Å². The highest BCUT2D eigenvalue weighted by Gasteiger charge is 2.41. The molecule has 2 rings (SSSR count). The summed E-state index contributed by atoms with van der Waals surface area (Å²) < 4.78 is 0. The maximum atomic E-state index is 12.7. The van der Waals surface area contributed by atoms with Gasteiger partial charge in [0.05, 0.1) is 6.04 Å². The quantitative estimate of drug-likeness (QED) is 0.901. The standard InChI is InChI=1S/C16H26N2OS/c1-10(2)12(5)8-18-15(13-6-7-20-9-13)17-14(11(3)4)16(18)19/h6-7,9-12,14-15,17H,8H2,1-5H3. The van der Waals surface area contributed by atoms with Crippen molar-refractivity contribution in [2.75, 3.05) is 6.54 Å². The largest absolute Gasteiger partial charge is 0.321 e. The highest BCUT2D eigenvalue weighted by molar-refractivity contribution is 7.07. The maximum absolute atomic E-state index is 12.7. The molecule has 1 N–H and O–H groups in total. The van der Waals surface area contributed by atoms with Gasteiger partial charge in [-0.05, 0) is 40.1 Å². The second-order valence-corrected chi connectivity index (χ2v) is 7.34. The number of nitrogens with one attached hydrogen (secondary N) is 1. The highest BCUT2D eigenvalue weighted by Crippen LogP contribution is 2.30. The lowest BCUT2D eigenvalue weighted by molar-refractivity contribution is -0.131. The van der Waals surface area contributed by atoms with Gasteiger partial charge in [-0.2, -0.15) is 11.3 Å². The Labute approximate surface area is 126 Å². The van der Waals surface area contributed by atoms with Gasteiger partial charge in [0.1, 0.15) is 6.17 Å². The third-order valence-electron chi connectivity index (χ3n) is 4.35. The minimum absolute atomic E-state index is 0.0438. The average molecular weight is 294 g/mol. The monoisotopic (exact) mass is 294 g/mol. The molecule has 0 aliphatic carbocycles. The Hall–Kier alpha value is -0.870. The number of carbonyl (C=O) groups excluding carboxylic acids is 1. The second-order valence-electron chi connectivity index (χ2n) is 6.56. The van der Waals surface area contributed by atoms with Crippen LogP contribution in [0.2, 0.25) is 0 Å². The molecule has 3 atom stereocenters. The van der Waals surface area contributed by atoms with E-state index in [4.69, 9.17) is 0 Å². The molecular formula is C16H26N2OS. The number of rotatable bonds is 5. The fraction of sp³-hybridized carbons (Fsp3) is 0.688. The molecular weight excluding hydrogens is 268 g/mol. The van der Waals surface area contributed by atoms with Gasteiger partial charge < -0.3 is 4.90 Å². The number of hydrogen-bond acceptors (Lipinski definition) is 3. The molecule has 1 aromatic heterocycles. The summed E-state index contributed by atoms with van der Waals surface area (Å²) in [6, 6.07) is 2.06. The van der Waals surface area contributed by atoms with Gasteiger partial charge in [0.2, 0.25) is 5.91 Å². The van der Waals surface area contributed by atoms with Crippen molar-refractivity contribution in [3.05, 3.63) is 22.4 Å². The first kappa shape index (κ1) is 15.5. The molecule has 1 aliphatic heterocycles. The molecule has 1 amide bonds. The summed E-state index contributed by atoms with van der Waals surface area (Å²) in [6.45, 7) is 11.7. The Morgan fingerprint density at radius 2 is 2.00 bits per heavy atom. The lowest BCUT2D eigenvalue weighted by Crippen LogP contribution is -2.37. The van der Waals surface area contributed by atoms with Crippen LogP contribution in [0, 0.1) is 17.8 Å². The van der Waals surface area contributed by atoms with Gasteiger partial charge >= 0.3 is 0 Å². The molecule has 0 spiro atoms. The van der Waals surface area contributed by atoms with Crippen LogP contribution in [0.5, 0.6) is 0 Å². The smallest absolute Gasteiger partial charge is 0.241 e. The van der Waals surface area contributed by atoms with E-state index >= 15 is 0 Å². The van der Waals surface area contributed by atoms with Gasteiger partial charge in [0.25, 0.3) is 0 Å². The zero-order chi connectivity index (χ0) is 14.9. The summed E-state index contributed by atoms with van der Waals surface area (Å²) in [7, 11) is 0. The fourth-order valence-electron chi connectivity index (χ4n) is 2.54. The van der Waals surface area contributed by atoms with Gasteiger partial charge in [-0.25, -0.2) is 0 Å². The van der Waals surface area contributed by atoms with E-state index in [0.717, 1.165) is 6.54 Å². The molecule has 0 saturated carbocycles. The number of nitrogens with zero attached hydrogens (tertiary/aromatic N) is 1. The van der Waals surface area contributed by atoms with E-state index in [-0.39, 0.29) is 18.1 Å². The molecule has 112 valence electrons. The van der Waals surface area contributed by atoms with E-state index in [1.54, 1.807) is 11.3 Å². The van der Waals surface area contributed by atoms with Crippen LogP contribution in [0.3, 0.4) is 0 Å². The minimum atomic E-state index is -0.0562. The molecule has 3 unspecified atom stereocenters. The van der Waals surface area contributed by atoms with Crippen LogP contribution < -0.4 is 5.32 Å². The predicted octanol–water partition coefficient (Wildman–Crippen LogP) is 3.50. The van der Waals surface area contributed by atoms with Gasteiger partial charge in [0, 0.05) is 6.54 Å². The van der Waals surface area contributed by atoms with Crippen molar-refractivity contribution >= 4 is 17.2 Å². The molecule has 1 saturated heterocycles. The van der Waals surface area contributed by atoms with Crippen molar-refractivity contribution in [1.29, 1.82) is 0 Å². The Kier molecular flexibility index (Phi) is 4.86. The molecule has 2 heterocycles. The third-order valence-corrected chi connectivity index (χ3v) is 5.05. The zero-order valence-corrected chi connectivity index (χ0v) is 13.9. The Bertz CT molecular complexity index is 441. The first-order valence-corrected chi connectivity index (χ1v) is 8.44. The lowest BCUT2D eigenvalue weighted by Gasteiger charge is -2.28. The van der Waals surface area contributed by atoms with E-state index < -0.39 is 0 Å². The molecule has 0 bridgehead atoms. The van der Waals surface area contributed by atoms with Crippen LogP contribution in [0.15, 0.2) is 16.8 Å². The van der Waals surface area contributed by atoms with Gasteiger partial charge in [-0.3, -0.25) is 10.1 Å². The lowest BCUT2D eigenvalue weighted by atomic mass is 9.97. The molecule has 0 aromatic carbocycles. The molecule has 1 aromatic rings. The summed E-state index contributed by atoms with van der Waals surface area (Å²) in [4.78, 5) is 14.7. The second kappa shape index (κ2) is 6.27. The van der Waals surface area contributed by atoms with Crippen molar-refractivity contribution in [3.8, 4) is 0 Å². The van der Waals surface area contributed by atoms with E-state index in [0.29, 0.717) is 17.8 Å². The van der Waals surface area contributed by atoms with Crippen molar-refractivity contribution in [2.45, 2.75) is 46.8 Å². The number of carbonyl (C=O) groups is 1. The van der Waals surface area contributed by atoms with Crippen LogP contribution in [0.4, 0.5) is 0 Å². The Balaban J connectivity index is 2.21. The topological polar surface area (TPSA) is 32.3 Å². The fourth-order valence-corrected chi connectivity index (χ4v) is 3.22. The summed E-state index contributed by atoms with van der Waals surface area (Å²) in [5.74, 6) is 1.67. The van der Waals surface area contributed by atoms with E-state index in [9.17, 15) is 4.79 Å². The van der Waals surface area contributed by atoms with Crippen LogP contribution in [0.1, 0.15) is 46.3 Å². The predicted molar refractivity (Wildman–Crippen MR) is 84.5 cm³/mol. The van der Waals surface area contributed by atoms with E-state index in [2.05, 4.69) is 56.8 Å². The summed E-state index contributed by atoms with van der Waals surface area (Å²) >= 11 is 1.69. The van der Waals surface area contributed by atoms with Crippen LogP contribution in [0.25, 0.3) is 0 Å². The van der Waals surface area contributed by atoms with Crippen molar-refractivity contribution in [1.82, 2.24) is 10.2 Å². The summed E-state index contributed by atoms with van der Waals surface area (Å²) in [5.41, 5.74) is 1.21. The highest BCUT2D eigenvalue weighted by atomic mass is 32.1. The van der Waals surface area contributed by atoms with Crippen LogP contribution in [-0.2, 0) is 4.79 Å². The molecule has 1 fully saturated rings. The first-order chi connectivity index (χ1) is 9.41. The van der Waals surface area contributed by atoms with Gasteiger partial charge in [0.15, 0.2) is 0 Å². The Morgan fingerprint density at radius 1 is 1.30 bits per heavy atom. The first-order valence-electron chi connectivity index (χ1n) is 7.50. The SMILES string of the molecule is CC(C)C(C)CN1C(=O)C(C(C)C)NC1c1ccsc1. The molecule has 0 radical (unpaired) electrons. The van der Waals surface area contributed by atoms with Crippen molar-refractivity contribution in [3.63, 3.8) is 0 Å². The Morgan fingerprint density at radius 3 is 2.50 bits per heavy atom. The normalized spacial score (nSPS) is 24.9. The average Bonchev–Trinajstić information content (AvgIpc) is 2.98. The summed E-state index contributed by atoms with van der Waals surface area (Å²) in [6.07, 6.45) is 0.0438. The summed E-state index contributed by atoms with van der Waals surface area (Å²) in [5, 5.41) is 7.74.